The fourth-order valence-electron chi connectivity index (χ4n) is 3.71. The molecule has 6 heteroatoms. The van der Waals surface area contributed by atoms with Gasteiger partial charge in [0, 0.05) is 17.2 Å². The maximum Gasteiger partial charge on any atom is 0.415 e. The summed E-state index contributed by atoms with van der Waals surface area (Å²) in [6, 6.07) is 0.504. The van der Waals surface area contributed by atoms with E-state index in [4.69, 9.17) is 18.6 Å². The van der Waals surface area contributed by atoms with Crippen molar-refractivity contribution in [3.05, 3.63) is 37.0 Å². The molecule has 1 rings (SSSR count). The van der Waals surface area contributed by atoms with Crippen LogP contribution in [-0.4, -0.2) is 32.9 Å². The summed E-state index contributed by atoms with van der Waals surface area (Å²) in [5, 5.41) is 3.67. The molecule has 0 atom stereocenters. The highest BCUT2D eigenvalue weighted by molar-refractivity contribution is 6.27. The second kappa shape index (κ2) is 8.63. The van der Waals surface area contributed by atoms with E-state index >= 15 is 0 Å². The molecule has 0 spiro atoms. The first-order chi connectivity index (χ1) is 11.7. The molecule has 1 aliphatic rings. The Morgan fingerprint density at radius 1 is 0.923 bits per heavy atom. The lowest BCUT2D eigenvalue weighted by molar-refractivity contribution is -0.322. The summed E-state index contributed by atoms with van der Waals surface area (Å²) in [4.78, 5) is 0. The Balaban J connectivity index is 2.80. The lowest BCUT2D eigenvalue weighted by atomic mass is 9.81. The highest BCUT2D eigenvalue weighted by Crippen LogP contribution is 2.32. The molecule has 0 bridgehead atoms. The predicted molar refractivity (Wildman–Crippen MR) is 109 cm³/mol. The summed E-state index contributed by atoms with van der Waals surface area (Å²) in [6.07, 6.45) is 2.16. The third-order valence-corrected chi connectivity index (χ3v) is 5.43. The van der Waals surface area contributed by atoms with Crippen LogP contribution >= 0.6 is 0 Å². The predicted octanol–water partition coefficient (Wildman–Crippen LogP) is 4.12. The van der Waals surface area contributed by atoms with Gasteiger partial charge >= 0.3 is 5.97 Å². The van der Waals surface area contributed by atoms with E-state index in [0.717, 1.165) is 12.8 Å². The second-order valence-corrected chi connectivity index (χ2v) is 9.88. The van der Waals surface area contributed by atoms with E-state index in [0.29, 0.717) is 23.3 Å². The van der Waals surface area contributed by atoms with Crippen molar-refractivity contribution in [2.75, 3.05) is 0 Å². The van der Waals surface area contributed by atoms with Crippen LogP contribution in [0.5, 0.6) is 0 Å². The molecule has 1 fully saturated rings. The van der Waals surface area contributed by atoms with Crippen LogP contribution in [0, 0.1) is 0 Å². The summed E-state index contributed by atoms with van der Waals surface area (Å²) in [6.45, 7) is 25.6. The highest BCUT2D eigenvalue weighted by atomic mass is 28.2. The molecule has 0 saturated carbocycles. The molecule has 0 amide bonds. The molecule has 26 heavy (non-hydrogen) atoms. The third-order valence-electron chi connectivity index (χ3n) is 3.90. The molecule has 1 N–H and O–H groups in total. The minimum absolute atomic E-state index is 0.0501. The molecular weight excluding hydrogens is 346 g/mol. The van der Waals surface area contributed by atoms with Crippen LogP contribution in [0.25, 0.3) is 0 Å². The quantitative estimate of drug-likeness (QED) is 0.349. The van der Waals surface area contributed by atoms with Gasteiger partial charge in [-0.2, -0.15) is 0 Å². The first-order valence-electron chi connectivity index (χ1n) is 9.19. The number of allylic oxidation sites excluding steroid dienone is 3. The molecule has 0 radical (unpaired) electrons. The van der Waals surface area contributed by atoms with Crippen molar-refractivity contribution in [1.29, 1.82) is 0 Å². The minimum atomic E-state index is -1.30. The van der Waals surface area contributed by atoms with Crippen molar-refractivity contribution in [3.63, 3.8) is 0 Å². The molecule has 0 aromatic heterocycles. The zero-order valence-electron chi connectivity index (χ0n) is 17.7. The van der Waals surface area contributed by atoms with Crippen LogP contribution in [0.1, 0.15) is 61.3 Å². The van der Waals surface area contributed by atoms with Crippen LogP contribution in [-0.2, 0) is 18.6 Å². The molecule has 1 aliphatic heterocycles. The SMILES string of the molecule is C=C(C)OC(C[SiH2]OC1CC(C)(C)NC(C)(C)C1)(OC(=C)C)OC(=C)C. The van der Waals surface area contributed by atoms with Gasteiger partial charge in [0.05, 0.1) is 23.3 Å². The maximum atomic E-state index is 6.32. The van der Waals surface area contributed by atoms with E-state index in [9.17, 15) is 0 Å². The van der Waals surface area contributed by atoms with Crippen molar-refractivity contribution in [2.24, 2.45) is 0 Å². The average Bonchev–Trinajstić information content (AvgIpc) is 2.31. The van der Waals surface area contributed by atoms with Crippen molar-refractivity contribution in [1.82, 2.24) is 5.32 Å². The monoisotopic (exact) mass is 383 g/mol. The molecule has 0 aliphatic carbocycles. The van der Waals surface area contributed by atoms with Gasteiger partial charge in [-0.25, -0.2) is 0 Å². The van der Waals surface area contributed by atoms with Gasteiger partial charge in [-0.3, -0.25) is 0 Å². The fourth-order valence-corrected chi connectivity index (χ4v) is 4.95. The number of hydrogen-bond donors (Lipinski definition) is 1. The fraction of sp³-hybridized carbons (Fsp3) is 0.700. The summed E-state index contributed by atoms with van der Waals surface area (Å²) in [7, 11) is -0.990. The van der Waals surface area contributed by atoms with E-state index in [1.807, 2.05) is 0 Å². The Bertz CT molecular complexity index is 485. The van der Waals surface area contributed by atoms with Gasteiger partial charge in [0.25, 0.3) is 0 Å². The van der Waals surface area contributed by atoms with Gasteiger partial charge < -0.3 is 24.0 Å². The van der Waals surface area contributed by atoms with Gasteiger partial charge in [-0.05, 0) is 61.3 Å². The van der Waals surface area contributed by atoms with E-state index in [2.05, 4.69) is 52.7 Å². The number of hydrogen-bond acceptors (Lipinski definition) is 5. The minimum Gasteiger partial charge on any atom is -0.426 e. The maximum absolute atomic E-state index is 6.32. The standard InChI is InChI=1S/C20H37NO4Si/c1-14(2)22-20(23-15(3)4,24-16(5)6)13-26-25-17-11-18(7,8)21-19(9,10)12-17/h17,21H,1,3,5,11-13,26H2,2,4,6-10H3. The molecule has 1 heterocycles. The number of rotatable bonds is 10. The number of ether oxygens (including phenoxy) is 3. The van der Waals surface area contributed by atoms with Crippen LogP contribution in [0.2, 0.25) is 6.04 Å². The number of piperidine rings is 1. The van der Waals surface area contributed by atoms with E-state index in [1.54, 1.807) is 20.8 Å². The third kappa shape index (κ3) is 7.97. The van der Waals surface area contributed by atoms with Crippen molar-refractivity contribution >= 4 is 9.76 Å². The Morgan fingerprint density at radius 2 is 1.31 bits per heavy atom. The largest absolute Gasteiger partial charge is 0.426 e. The highest BCUT2D eigenvalue weighted by Gasteiger charge is 2.41. The molecule has 150 valence electrons. The molecule has 5 nitrogen and oxygen atoms in total. The summed E-state index contributed by atoms with van der Waals surface area (Å²) >= 11 is 0. The Kier molecular flexibility index (Phi) is 7.57. The summed E-state index contributed by atoms with van der Waals surface area (Å²) in [5.74, 6) is 0.218. The van der Waals surface area contributed by atoms with Gasteiger partial charge in [-0.15, -0.1) is 0 Å². The van der Waals surface area contributed by atoms with Crippen LogP contribution in [0.15, 0.2) is 37.0 Å². The van der Waals surface area contributed by atoms with Gasteiger partial charge in [0.1, 0.15) is 0 Å². The second-order valence-electron chi connectivity index (χ2n) is 8.64. The van der Waals surface area contributed by atoms with Crippen LogP contribution in [0.4, 0.5) is 0 Å². The Hall–Kier alpha value is -1.24. The molecule has 1 saturated heterocycles. The molecule has 0 aromatic rings. The molecule has 0 aromatic carbocycles. The van der Waals surface area contributed by atoms with Crippen molar-refractivity contribution in [2.45, 2.75) is 90.5 Å². The lowest BCUT2D eigenvalue weighted by Crippen LogP contribution is -2.59. The Morgan fingerprint density at radius 3 is 1.65 bits per heavy atom. The smallest absolute Gasteiger partial charge is 0.415 e. The van der Waals surface area contributed by atoms with Gasteiger partial charge in [0.2, 0.25) is 0 Å². The molecular formula is C20H37NO4Si. The number of nitrogens with one attached hydrogen (secondary N) is 1. The van der Waals surface area contributed by atoms with Crippen molar-refractivity contribution in [3.8, 4) is 0 Å². The summed E-state index contributed by atoms with van der Waals surface area (Å²) in [5.41, 5.74) is 0.100. The van der Waals surface area contributed by atoms with E-state index < -0.39 is 15.7 Å². The molecule has 0 unspecified atom stereocenters. The zero-order valence-corrected chi connectivity index (χ0v) is 19.1. The van der Waals surface area contributed by atoms with E-state index in [-0.39, 0.29) is 17.2 Å². The lowest BCUT2D eigenvalue weighted by Gasteiger charge is -2.46. The van der Waals surface area contributed by atoms with Crippen LogP contribution < -0.4 is 5.32 Å². The first-order valence-corrected chi connectivity index (χ1v) is 10.8. The van der Waals surface area contributed by atoms with Crippen LogP contribution in [0.3, 0.4) is 0 Å². The van der Waals surface area contributed by atoms with Gasteiger partial charge in [-0.1, -0.05) is 19.7 Å². The average molecular weight is 384 g/mol. The zero-order chi connectivity index (χ0) is 20.2. The first kappa shape index (κ1) is 22.8. The Labute approximate surface area is 161 Å². The normalized spacial score (nSPS) is 20.0. The van der Waals surface area contributed by atoms with Crippen molar-refractivity contribution < 1.29 is 18.6 Å². The summed E-state index contributed by atoms with van der Waals surface area (Å²) < 4.78 is 23.8. The topological polar surface area (TPSA) is 49.0 Å². The van der Waals surface area contributed by atoms with E-state index in [1.165, 1.54) is 0 Å². The van der Waals surface area contributed by atoms with Gasteiger partial charge in [0.15, 0.2) is 9.76 Å².